The molecule has 1 aromatic heterocycles. The molecule has 1 aromatic rings. The van der Waals surface area contributed by atoms with Gasteiger partial charge in [-0.1, -0.05) is 0 Å². The van der Waals surface area contributed by atoms with Crippen LogP contribution in [0.2, 0.25) is 0 Å². The standard InChI is InChI=1S/C10H14N4O5/c1-2-12(5-4-10(16)17)9(15)7-13-6-3-8(11-13)14(18)19/h3,6H,2,4-5,7H2,1H3,(H,16,17). The van der Waals surface area contributed by atoms with Gasteiger partial charge < -0.3 is 20.1 Å². The molecule has 9 heteroatoms. The molecule has 0 aliphatic carbocycles. The molecule has 1 N–H and O–H groups in total. The van der Waals surface area contributed by atoms with Gasteiger partial charge in [-0.25, -0.2) is 0 Å². The molecule has 0 fully saturated rings. The third-order valence-corrected chi connectivity index (χ3v) is 2.44. The van der Waals surface area contributed by atoms with Crippen molar-refractivity contribution in [1.82, 2.24) is 14.7 Å². The molecule has 0 spiro atoms. The minimum atomic E-state index is -0.985. The number of carbonyl (C=O) groups excluding carboxylic acids is 1. The predicted octanol–water partition coefficient (Wildman–Crippen LogP) is 0.114. The molecule has 0 saturated heterocycles. The Morgan fingerprint density at radius 2 is 2.26 bits per heavy atom. The highest BCUT2D eigenvalue weighted by molar-refractivity contribution is 5.76. The third kappa shape index (κ3) is 4.37. The van der Waals surface area contributed by atoms with E-state index in [9.17, 15) is 19.7 Å². The van der Waals surface area contributed by atoms with Gasteiger partial charge in [-0.15, -0.1) is 0 Å². The zero-order chi connectivity index (χ0) is 14.4. The van der Waals surface area contributed by atoms with E-state index in [2.05, 4.69) is 5.10 Å². The highest BCUT2D eigenvalue weighted by Gasteiger charge is 2.17. The molecular weight excluding hydrogens is 256 g/mol. The van der Waals surface area contributed by atoms with Crippen LogP contribution in [0, 0.1) is 10.1 Å². The van der Waals surface area contributed by atoms with Crippen molar-refractivity contribution >= 4 is 17.7 Å². The summed E-state index contributed by atoms with van der Waals surface area (Å²) in [4.78, 5) is 33.4. The van der Waals surface area contributed by atoms with Crippen LogP contribution in [-0.4, -0.2) is 49.7 Å². The average Bonchev–Trinajstić information content (AvgIpc) is 2.78. The highest BCUT2D eigenvalue weighted by Crippen LogP contribution is 2.05. The zero-order valence-electron chi connectivity index (χ0n) is 10.4. The van der Waals surface area contributed by atoms with Gasteiger partial charge in [0.1, 0.15) is 6.54 Å². The van der Waals surface area contributed by atoms with Crippen LogP contribution in [0.4, 0.5) is 5.82 Å². The lowest BCUT2D eigenvalue weighted by atomic mass is 10.3. The molecular formula is C10H14N4O5. The Morgan fingerprint density at radius 3 is 2.74 bits per heavy atom. The Hall–Kier alpha value is -2.45. The summed E-state index contributed by atoms with van der Waals surface area (Å²) in [5.41, 5.74) is 0. The summed E-state index contributed by atoms with van der Waals surface area (Å²) in [5.74, 6) is -1.65. The van der Waals surface area contributed by atoms with Crippen molar-refractivity contribution in [2.24, 2.45) is 0 Å². The summed E-state index contributed by atoms with van der Waals surface area (Å²) in [7, 11) is 0. The number of aromatic nitrogens is 2. The SMILES string of the molecule is CCN(CCC(=O)O)C(=O)Cn1ccc([N+](=O)[O-])n1. The van der Waals surface area contributed by atoms with Crippen molar-refractivity contribution in [3.63, 3.8) is 0 Å². The van der Waals surface area contributed by atoms with E-state index in [1.54, 1.807) is 6.92 Å². The zero-order valence-corrected chi connectivity index (χ0v) is 10.4. The summed E-state index contributed by atoms with van der Waals surface area (Å²) in [5, 5.41) is 22.6. The van der Waals surface area contributed by atoms with Gasteiger partial charge >= 0.3 is 11.8 Å². The Balaban J connectivity index is 2.60. The molecule has 1 heterocycles. The van der Waals surface area contributed by atoms with Crippen LogP contribution in [0.3, 0.4) is 0 Å². The van der Waals surface area contributed by atoms with Crippen molar-refractivity contribution in [1.29, 1.82) is 0 Å². The van der Waals surface area contributed by atoms with Crippen LogP contribution >= 0.6 is 0 Å². The fourth-order valence-electron chi connectivity index (χ4n) is 1.46. The second-order valence-electron chi connectivity index (χ2n) is 3.75. The number of aliphatic carboxylic acids is 1. The second kappa shape index (κ2) is 6.47. The predicted molar refractivity (Wildman–Crippen MR) is 63.4 cm³/mol. The van der Waals surface area contributed by atoms with Crippen molar-refractivity contribution in [2.45, 2.75) is 19.9 Å². The molecule has 0 radical (unpaired) electrons. The van der Waals surface area contributed by atoms with Gasteiger partial charge in [-0.2, -0.15) is 4.68 Å². The Labute approximate surface area is 108 Å². The van der Waals surface area contributed by atoms with Gasteiger partial charge in [0, 0.05) is 13.1 Å². The third-order valence-electron chi connectivity index (χ3n) is 2.44. The fourth-order valence-corrected chi connectivity index (χ4v) is 1.46. The molecule has 0 aliphatic heterocycles. The van der Waals surface area contributed by atoms with Gasteiger partial charge in [-0.05, 0) is 11.8 Å². The maximum Gasteiger partial charge on any atom is 0.389 e. The maximum absolute atomic E-state index is 11.8. The first kappa shape index (κ1) is 14.6. The molecule has 0 atom stereocenters. The van der Waals surface area contributed by atoms with E-state index in [0.717, 1.165) is 4.68 Å². The number of nitro groups is 1. The maximum atomic E-state index is 11.8. The average molecular weight is 270 g/mol. The summed E-state index contributed by atoms with van der Waals surface area (Å²) in [6.07, 6.45) is 1.19. The number of carbonyl (C=O) groups is 2. The smallest absolute Gasteiger partial charge is 0.389 e. The van der Waals surface area contributed by atoms with E-state index in [4.69, 9.17) is 5.11 Å². The van der Waals surface area contributed by atoms with E-state index in [0.29, 0.717) is 6.54 Å². The minimum absolute atomic E-state index is 0.105. The lowest BCUT2D eigenvalue weighted by molar-refractivity contribution is -0.389. The number of carboxylic acid groups (broad SMARTS) is 1. The topological polar surface area (TPSA) is 119 Å². The highest BCUT2D eigenvalue weighted by atomic mass is 16.6. The molecule has 1 rings (SSSR count). The van der Waals surface area contributed by atoms with Crippen LogP contribution in [0.15, 0.2) is 12.3 Å². The second-order valence-corrected chi connectivity index (χ2v) is 3.75. The van der Waals surface area contributed by atoms with E-state index >= 15 is 0 Å². The van der Waals surface area contributed by atoms with Gasteiger partial charge in [-0.3, -0.25) is 9.59 Å². The molecule has 19 heavy (non-hydrogen) atoms. The first-order valence-corrected chi connectivity index (χ1v) is 5.61. The van der Waals surface area contributed by atoms with E-state index in [1.165, 1.54) is 17.2 Å². The summed E-state index contributed by atoms with van der Waals surface area (Å²) < 4.78 is 1.16. The quantitative estimate of drug-likeness (QED) is 0.555. The number of amides is 1. The largest absolute Gasteiger partial charge is 0.481 e. The number of nitrogens with zero attached hydrogens (tertiary/aromatic N) is 4. The lowest BCUT2D eigenvalue weighted by Gasteiger charge is -2.19. The van der Waals surface area contributed by atoms with Crippen LogP contribution in [0.5, 0.6) is 0 Å². The van der Waals surface area contributed by atoms with Gasteiger partial charge in [0.05, 0.1) is 23.8 Å². The number of carboxylic acids is 1. The molecule has 0 bridgehead atoms. The van der Waals surface area contributed by atoms with E-state index in [1.807, 2.05) is 0 Å². The van der Waals surface area contributed by atoms with Gasteiger partial charge in [0.25, 0.3) is 0 Å². The van der Waals surface area contributed by atoms with Crippen LogP contribution in [0.25, 0.3) is 0 Å². The van der Waals surface area contributed by atoms with E-state index in [-0.39, 0.29) is 31.2 Å². The summed E-state index contributed by atoms with van der Waals surface area (Å²) in [6.45, 7) is 2.05. The molecule has 0 aromatic carbocycles. The molecule has 0 saturated carbocycles. The minimum Gasteiger partial charge on any atom is -0.481 e. The summed E-state index contributed by atoms with van der Waals surface area (Å²) in [6, 6.07) is 1.20. The molecule has 0 aliphatic rings. The van der Waals surface area contributed by atoms with Crippen molar-refractivity contribution < 1.29 is 19.6 Å². The monoisotopic (exact) mass is 270 g/mol. The van der Waals surface area contributed by atoms with Gasteiger partial charge in [0.2, 0.25) is 5.91 Å². The molecule has 0 unspecified atom stereocenters. The number of hydrogen-bond acceptors (Lipinski definition) is 5. The van der Waals surface area contributed by atoms with Crippen LogP contribution < -0.4 is 0 Å². The van der Waals surface area contributed by atoms with Crippen molar-refractivity contribution in [3.05, 3.63) is 22.4 Å². The Morgan fingerprint density at radius 1 is 1.58 bits per heavy atom. The Kier molecular flexibility index (Phi) is 4.98. The van der Waals surface area contributed by atoms with Gasteiger partial charge in [0.15, 0.2) is 0 Å². The van der Waals surface area contributed by atoms with E-state index < -0.39 is 10.9 Å². The normalized spacial score (nSPS) is 10.2. The van der Waals surface area contributed by atoms with Crippen molar-refractivity contribution in [2.75, 3.05) is 13.1 Å². The van der Waals surface area contributed by atoms with Crippen LogP contribution in [0.1, 0.15) is 13.3 Å². The van der Waals surface area contributed by atoms with Crippen molar-refractivity contribution in [3.8, 4) is 0 Å². The summed E-state index contributed by atoms with van der Waals surface area (Å²) >= 11 is 0. The molecule has 9 nitrogen and oxygen atoms in total. The number of hydrogen-bond donors (Lipinski definition) is 1. The molecule has 104 valence electrons. The lowest BCUT2D eigenvalue weighted by Crippen LogP contribution is -2.35. The first-order valence-electron chi connectivity index (χ1n) is 5.61. The number of rotatable bonds is 7. The first-order chi connectivity index (χ1) is 8.93. The molecule has 1 amide bonds. The Bertz CT molecular complexity index is 484. The van der Waals surface area contributed by atoms with Crippen LogP contribution in [-0.2, 0) is 16.1 Å². The number of likely N-dealkylation sites (N-methyl/N-ethyl adjacent to an activating group) is 1. The fraction of sp³-hybridized carbons (Fsp3) is 0.500.